The fourth-order valence-corrected chi connectivity index (χ4v) is 4.34. The molecule has 3 aromatic rings. The Hall–Kier alpha value is -3.21. The minimum atomic E-state index is -0.265. The van der Waals surface area contributed by atoms with E-state index in [-0.39, 0.29) is 12.1 Å². The molecular weight excluding hydrogens is 472 g/mol. The minimum Gasteiger partial charge on any atom is -0.489 e. The number of benzene rings is 2. The molecule has 5 nitrogen and oxygen atoms in total. The lowest BCUT2D eigenvalue weighted by Gasteiger charge is -2.13. The van der Waals surface area contributed by atoms with Crippen molar-refractivity contribution in [1.29, 1.82) is 0 Å². The van der Waals surface area contributed by atoms with Crippen LogP contribution in [0.2, 0.25) is 0 Å². The van der Waals surface area contributed by atoms with E-state index < -0.39 is 0 Å². The number of unbranched alkanes of at least 4 members (excludes halogenated alkanes) is 7. The van der Waals surface area contributed by atoms with Crippen molar-refractivity contribution < 1.29 is 14.3 Å². The van der Waals surface area contributed by atoms with Gasteiger partial charge in [0, 0.05) is 18.0 Å². The topological polar surface area (TPSA) is 61.3 Å². The van der Waals surface area contributed by atoms with Crippen molar-refractivity contribution in [2.24, 2.45) is 0 Å². The first kappa shape index (κ1) is 29.3. The second-order valence-corrected chi connectivity index (χ2v) is 10.2. The first-order valence-corrected chi connectivity index (χ1v) is 14.4. The van der Waals surface area contributed by atoms with E-state index in [1.165, 1.54) is 56.9 Å². The molecule has 0 radical (unpaired) electrons. The maximum atomic E-state index is 12.4. The largest absolute Gasteiger partial charge is 0.489 e. The summed E-state index contributed by atoms with van der Waals surface area (Å²) in [6.07, 6.45) is 16.9. The SMILES string of the molecule is CCCCCCCc1cnc(-c2ccc(OCc3ccc(C(=O)OC(C)CCCCCC)cc3)cc2)nc1. The molecule has 0 spiro atoms. The van der Waals surface area contributed by atoms with E-state index in [4.69, 9.17) is 9.47 Å². The number of esters is 1. The van der Waals surface area contributed by atoms with Crippen molar-refractivity contribution in [1.82, 2.24) is 9.97 Å². The van der Waals surface area contributed by atoms with E-state index in [2.05, 4.69) is 23.8 Å². The fourth-order valence-electron chi connectivity index (χ4n) is 4.34. The zero-order chi connectivity index (χ0) is 27.0. The van der Waals surface area contributed by atoms with Gasteiger partial charge in [0.25, 0.3) is 0 Å². The Balaban J connectivity index is 1.42. The van der Waals surface area contributed by atoms with E-state index >= 15 is 0 Å². The lowest BCUT2D eigenvalue weighted by molar-refractivity contribution is 0.0319. The molecular formula is C33H44N2O3. The molecule has 1 atom stereocenters. The van der Waals surface area contributed by atoms with Gasteiger partial charge in [0.1, 0.15) is 12.4 Å². The average molecular weight is 517 g/mol. The molecule has 1 heterocycles. The highest BCUT2D eigenvalue weighted by Gasteiger charge is 2.12. The van der Waals surface area contributed by atoms with Gasteiger partial charge in [0.15, 0.2) is 5.82 Å². The van der Waals surface area contributed by atoms with Crippen molar-refractivity contribution >= 4 is 5.97 Å². The minimum absolute atomic E-state index is 0.0611. The van der Waals surface area contributed by atoms with E-state index in [0.29, 0.717) is 12.2 Å². The number of aryl methyl sites for hydroxylation is 1. The van der Waals surface area contributed by atoms with Crippen LogP contribution in [0.5, 0.6) is 5.75 Å². The number of nitrogens with zero attached hydrogens (tertiary/aromatic N) is 2. The van der Waals surface area contributed by atoms with Gasteiger partial charge in [-0.05, 0) is 80.1 Å². The summed E-state index contributed by atoms with van der Waals surface area (Å²) in [5.41, 5.74) is 3.73. The van der Waals surface area contributed by atoms with Crippen LogP contribution in [0.25, 0.3) is 11.4 Å². The molecule has 1 aromatic heterocycles. The number of carbonyl (C=O) groups excluding carboxylic acids is 1. The number of aromatic nitrogens is 2. The zero-order valence-corrected chi connectivity index (χ0v) is 23.5. The molecule has 204 valence electrons. The Labute approximate surface area is 229 Å². The van der Waals surface area contributed by atoms with Crippen LogP contribution >= 0.6 is 0 Å². The molecule has 0 saturated heterocycles. The van der Waals surface area contributed by atoms with E-state index in [9.17, 15) is 4.79 Å². The predicted octanol–water partition coefficient (Wildman–Crippen LogP) is 8.75. The monoisotopic (exact) mass is 516 g/mol. The van der Waals surface area contributed by atoms with Crippen LogP contribution in [-0.2, 0) is 17.8 Å². The van der Waals surface area contributed by atoms with Gasteiger partial charge in [-0.15, -0.1) is 0 Å². The molecule has 0 N–H and O–H groups in total. The third-order valence-electron chi connectivity index (χ3n) is 6.75. The van der Waals surface area contributed by atoms with E-state index in [1.54, 1.807) is 12.1 Å². The van der Waals surface area contributed by atoms with Gasteiger partial charge < -0.3 is 9.47 Å². The smallest absolute Gasteiger partial charge is 0.338 e. The normalized spacial score (nSPS) is 11.8. The van der Waals surface area contributed by atoms with Crippen molar-refractivity contribution in [2.75, 3.05) is 0 Å². The predicted molar refractivity (Wildman–Crippen MR) is 154 cm³/mol. The van der Waals surface area contributed by atoms with E-state index in [1.807, 2.05) is 55.7 Å². The Morgan fingerprint density at radius 2 is 1.39 bits per heavy atom. The molecule has 0 aliphatic heterocycles. The molecule has 0 aliphatic rings. The van der Waals surface area contributed by atoms with Gasteiger partial charge in [-0.3, -0.25) is 0 Å². The molecule has 0 fully saturated rings. The summed E-state index contributed by atoms with van der Waals surface area (Å²) in [4.78, 5) is 21.5. The molecule has 2 aromatic carbocycles. The second kappa shape index (κ2) is 16.6. The fraction of sp³-hybridized carbons (Fsp3) is 0.485. The highest BCUT2D eigenvalue weighted by molar-refractivity contribution is 5.89. The highest BCUT2D eigenvalue weighted by Crippen LogP contribution is 2.21. The average Bonchev–Trinajstić information content (AvgIpc) is 2.95. The number of rotatable bonds is 17. The van der Waals surface area contributed by atoms with Crippen LogP contribution in [0.15, 0.2) is 60.9 Å². The summed E-state index contributed by atoms with van der Waals surface area (Å²) in [6.45, 7) is 6.82. The Kier molecular flexibility index (Phi) is 12.8. The number of carbonyl (C=O) groups is 1. The van der Waals surface area contributed by atoms with Crippen molar-refractivity contribution in [3.63, 3.8) is 0 Å². The van der Waals surface area contributed by atoms with Gasteiger partial charge in [-0.2, -0.15) is 0 Å². The first-order valence-electron chi connectivity index (χ1n) is 14.4. The molecule has 38 heavy (non-hydrogen) atoms. The Morgan fingerprint density at radius 3 is 2.05 bits per heavy atom. The van der Waals surface area contributed by atoms with Crippen molar-refractivity contribution in [3.8, 4) is 17.1 Å². The molecule has 0 amide bonds. The van der Waals surface area contributed by atoms with Gasteiger partial charge in [-0.1, -0.05) is 70.9 Å². The van der Waals surface area contributed by atoms with Crippen LogP contribution in [-0.4, -0.2) is 22.0 Å². The molecule has 5 heteroatoms. The highest BCUT2D eigenvalue weighted by atomic mass is 16.5. The standard InChI is InChI=1S/C33H44N2O3/c1-4-6-8-10-12-14-28-23-34-32(35-24-28)29-19-21-31(22-20-29)37-25-27-15-17-30(18-16-27)33(36)38-26(3)13-11-9-7-5-2/h15-24,26H,4-14,25H2,1-3H3. The lowest BCUT2D eigenvalue weighted by atomic mass is 10.1. The summed E-state index contributed by atoms with van der Waals surface area (Å²) < 4.78 is 11.5. The summed E-state index contributed by atoms with van der Waals surface area (Å²) >= 11 is 0. The molecule has 0 saturated carbocycles. The van der Waals surface area contributed by atoms with Gasteiger partial charge in [0.2, 0.25) is 0 Å². The van der Waals surface area contributed by atoms with Crippen LogP contribution in [0.1, 0.15) is 106 Å². The number of hydrogen-bond donors (Lipinski definition) is 0. The van der Waals surface area contributed by atoms with Crippen LogP contribution in [0.3, 0.4) is 0 Å². The number of ether oxygens (including phenoxy) is 2. The first-order chi connectivity index (χ1) is 18.6. The van der Waals surface area contributed by atoms with Crippen LogP contribution in [0.4, 0.5) is 0 Å². The lowest BCUT2D eigenvalue weighted by Crippen LogP contribution is -2.15. The number of hydrogen-bond acceptors (Lipinski definition) is 5. The molecule has 0 aliphatic carbocycles. The van der Waals surface area contributed by atoms with Gasteiger partial charge >= 0.3 is 5.97 Å². The third-order valence-corrected chi connectivity index (χ3v) is 6.75. The second-order valence-electron chi connectivity index (χ2n) is 10.2. The van der Waals surface area contributed by atoms with Gasteiger partial charge in [0.05, 0.1) is 11.7 Å². The van der Waals surface area contributed by atoms with Crippen LogP contribution in [0, 0.1) is 0 Å². The zero-order valence-electron chi connectivity index (χ0n) is 23.5. The summed E-state index contributed by atoms with van der Waals surface area (Å²) in [7, 11) is 0. The van der Waals surface area contributed by atoms with E-state index in [0.717, 1.165) is 42.0 Å². The Morgan fingerprint density at radius 1 is 0.763 bits per heavy atom. The third kappa shape index (κ3) is 10.3. The molecule has 0 bridgehead atoms. The van der Waals surface area contributed by atoms with Crippen molar-refractivity contribution in [2.45, 2.75) is 104 Å². The summed E-state index contributed by atoms with van der Waals surface area (Å²) in [6, 6.07) is 15.3. The summed E-state index contributed by atoms with van der Waals surface area (Å²) in [5.74, 6) is 1.24. The molecule has 3 rings (SSSR count). The van der Waals surface area contributed by atoms with Gasteiger partial charge in [-0.25, -0.2) is 14.8 Å². The Bertz CT molecular complexity index is 1060. The van der Waals surface area contributed by atoms with Crippen LogP contribution < -0.4 is 4.74 Å². The maximum Gasteiger partial charge on any atom is 0.338 e. The molecule has 1 unspecified atom stereocenters. The van der Waals surface area contributed by atoms with Crippen molar-refractivity contribution in [3.05, 3.63) is 77.6 Å². The summed E-state index contributed by atoms with van der Waals surface area (Å²) in [5, 5.41) is 0. The maximum absolute atomic E-state index is 12.4. The quantitative estimate of drug-likeness (QED) is 0.133.